The number of nitrogens with zero attached hydrogens (tertiary/aromatic N) is 2. The molecule has 0 bridgehead atoms. The molecule has 23 heavy (non-hydrogen) atoms. The first kappa shape index (κ1) is 16.7. The van der Waals surface area contributed by atoms with E-state index in [4.69, 9.17) is 9.63 Å². The van der Waals surface area contributed by atoms with Crippen LogP contribution in [0.5, 0.6) is 0 Å². The molecular formula is C17H20N2O4. The number of aryl methyl sites for hydroxylation is 1. The third-order valence-electron chi connectivity index (χ3n) is 3.52. The summed E-state index contributed by atoms with van der Waals surface area (Å²) in [7, 11) is 1.68. The van der Waals surface area contributed by atoms with E-state index in [2.05, 4.69) is 5.16 Å². The van der Waals surface area contributed by atoms with E-state index in [1.165, 1.54) is 0 Å². The van der Waals surface area contributed by atoms with E-state index in [0.717, 1.165) is 23.4 Å². The second-order valence-electron chi connectivity index (χ2n) is 5.36. The van der Waals surface area contributed by atoms with Crippen molar-refractivity contribution >= 4 is 11.9 Å². The van der Waals surface area contributed by atoms with Gasteiger partial charge in [-0.15, -0.1) is 0 Å². The fourth-order valence-corrected chi connectivity index (χ4v) is 2.20. The number of aromatic nitrogens is 1. The van der Waals surface area contributed by atoms with Crippen LogP contribution in [0.1, 0.15) is 25.0 Å². The summed E-state index contributed by atoms with van der Waals surface area (Å²) < 4.78 is 5.31. The van der Waals surface area contributed by atoms with Gasteiger partial charge in [0.05, 0.1) is 6.42 Å². The molecule has 2 rings (SSSR count). The molecule has 1 heterocycles. The number of amides is 1. The van der Waals surface area contributed by atoms with E-state index < -0.39 is 5.97 Å². The molecule has 0 aliphatic carbocycles. The van der Waals surface area contributed by atoms with Crippen LogP contribution in [0.15, 0.2) is 40.9 Å². The van der Waals surface area contributed by atoms with E-state index in [0.29, 0.717) is 13.0 Å². The van der Waals surface area contributed by atoms with E-state index in [-0.39, 0.29) is 18.7 Å². The lowest BCUT2D eigenvalue weighted by molar-refractivity contribution is -0.140. The maximum absolute atomic E-state index is 11.7. The number of carboxylic acids is 1. The summed E-state index contributed by atoms with van der Waals surface area (Å²) in [5.74, 6) is -0.341. The van der Waals surface area contributed by atoms with E-state index >= 15 is 0 Å². The van der Waals surface area contributed by atoms with Gasteiger partial charge in [0.2, 0.25) is 5.91 Å². The number of rotatable bonds is 8. The zero-order valence-electron chi connectivity index (χ0n) is 13.1. The monoisotopic (exact) mass is 316 g/mol. The highest BCUT2D eigenvalue weighted by molar-refractivity contribution is 5.80. The second kappa shape index (κ2) is 8.12. The quantitative estimate of drug-likeness (QED) is 0.809. The second-order valence-corrected chi connectivity index (χ2v) is 5.36. The summed E-state index contributed by atoms with van der Waals surface area (Å²) in [5, 5.41) is 12.6. The predicted molar refractivity (Wildman–Crippen MR) is 84.8 cm³/mol. The Balaban J connectivity index is 1.77. The Labute approximate surface area is 134 Å². The molecule has 0 radical (unpaired) electrons. The van der Waals surface area contributed by atoms with Gasteiger partial charge in [-0.3, -0.25) is 9.59 Å². The molecule has 0 aliphatic rings. The maximum atomic E-state index is 11.7. The Morgan fingerprint density at radius 3 is 2.65 bits per heavy atom. The zero-order valence-corrected chi connectivity index (χ0v) is 13.1. The Morgan fingerprint density at radius 1 is 1.22 bits per heavy atom. The molecule has 0 aliphatic heterocycles. The smallest absolute Gasteiger partial charge is 0.303 e. The van der Waals surface area contributed by atoms with Crippen LogP contribution in [-0.4, -0.2) is 40.6 Å². The Kier molecular flexibility index (Phi) is 5.91. The minimum Gasteiger partial charge on any atom is -0.481 e. The van der Waals surface area contributed by atoms with Gasteiger partial charge in [0.25, 0.3) is 0 Å². The van der Waals surface area contributed by atoms with Gasteiger partial charge in [-0.05, 0) is 6.42 Å². The number of benzene rings is 1. The van der Waals surface area contributed by atoms with Crippen LogP contribution in [0.4, 0.5) is 0 Å². The Morgan fingerprint density at radius 2 is 1.96 bits per heavy atom. The van der Waals surface area contributed by atoms with E-state index in [1.54, 1.807) is 11.9 Å². The number of hydrogen-bond acceptors (Lipinski definition) is 4. The van der Waals surface area contributed by atoms with E-state index in [9.17, 15) is 9.59 Å². The molecule has 0 saturated heterocycles. The third-order valence-corrected chi connectivity index (χ3v) is 3.52. The van der Waals surface area contributed by atoms with Crippen molar-refractivity contribution in [1.82, 2.24) is 10.1 Å². The van der Waals surface area contributed by atoms with Crippen LogP contribution in [0.2, 0.25) is 0 Å². The Bertz CT molecular complexity index is 652. The van der Waals surface area contributed by atoms with Crippen molar-refractivity contribution < 1.29 is 19.2 Å². The first-order valence-electron chi connectivity index (χ1n) is 7.53. The van der Waals surface area contributed by atoms with Crippen molar-refractivity contribution in [3.05, 3.63) is 42.2 Å². The average Bonchev–Trinajstić information content (AvgIpc) is 3.02. The highest BCUT2D eigenvalue weighted by Gasteiger charge is 2.11. The van der Waals surface area contributed by atoms with Crippen LogP contribution in [0, 0.1) is 0 Å². The lowest BCUT2D eigenvalue weighted by Gasteiger charge is -2.16. The zero-order chi connectivity index (χ0) is 16.7. The third kappa shape index (κ3) is 5.25. The largest absolute Gasteiger partial charge is 0.481 e. The Hall–Kier alpha value is -2.63. The van der Waals surface area contributed by atoms with Crippen molar-refractivity contribution in [3.63, 3.8) is 0 Å². The van der Waals surface area contributed by atoms with Gasteiger partial charge >= 0.3 is 5.97 Å². The van der Waals surface area contributed by atoms with Crippen LogP contribution >= 0.6 is 0 Å². The SMILES string of the molecule is CN(CCCc1cc(-c2ccccc2)no1)C(=O)CCC(=O)O. The first-order chi connectivity index (χ1) is 11.1. The summed E-state index contributed by atoms with van der Waals surface area (Å²) >= 11 is 0. The normalized spacial score (nSPS) is 10.5. The number of carbonyl (C=O) groups excluding carboxylic acids is 1. The van der Waals surface area contributed by atoms with Crippen LogP contribution in [-0.2, 0) is 16.0 Å². The maximum Gasteiger partial charge on any atom is 0.303 e. The lowest BCUT2D eigenvalue weighted by atomic mass is 10.1. The predicted octanol–water partition coefficient (Wildman–Crippen LogP) is 2.60. The van der Waals surface area contributed by atoms with Gasteiger partial charge < -0.3 is 14.5 Å². The molecule has 0 atom stereocenters. The van der Waals surface area contributed by atoms with Crippen molar-refractivity contribution in [2.75, 3.05) is 13.6 Å². The molecule has 1 N–H and O–H groups in total. The van der Waals surface area contributed by atoms with Gasteiger partial charge in [-0.1, -0.05) is 35.5 Å². The number of carboxylic acid groups (broad SMARTS) is 1. The molecule has 2 aromatic rings. The van der Waals surface area contributed by atoms with Crippen molar-refractivity contribution in [1.29, 1.82) is 0 Å². The molecule has 1 aromatic carbocycles. The first-order valence-corrected chi connectivity index (χ1v) is 7.53. The fourth-order valence-electron chi connectivity index (χ4n) is 2.20. The van der Waals surface area contributed by atoms with Gasteiger partial charge in [0.15, 0.2) is 0 Å². The summed E-state index contributed by atoms with van der Waals surface area (Å²) in [4.78, 5) is 23.7. The molecule has 0 fully saturated rings. The summed E-state index contributed by atoms with van der Waals surface area (Å²) in [6, 6.07) is 11.7. The number of carbonyl (C=O) groups is 2. The molecule has 6 heteroatoms. The fraction of sp³-hybridized carbons (Fsp3) is 0.353. The van der Waals surface area contributed by atoms with Crippen LogP contribution in [0.3, 0.4) is 0 Å². The molecule has 0 spiro atoms. The van der Waals surface area contributed by atoms with Crippen LogP contribution < -0.4 is 0 Å². The van der Waals surface area contributed by atoms with Crippen molar-refractivity contribution in [3.8, 4) is 11.3 Å². The molecule has 122 valence electrons. The highest BCUT2D eigenvalue weighted by atomic mass is 16.5. The molecule has 6 nitrogen and oxygen atoms in total. The molecule has 0 saturated carbocycles. The standard InChI is InChI=1S/C17H20N2O4/c1-19(16(20)9-10-17(21)22)11-5-8-14-12-15(18-23-14)13-6-3-2-4-7-13/h2-4,6-7,12H,5,8-11H2,1H3,(H,21,22). The lowest BCUT2D eigenvalue weighted by Crippen LogP contribution is -2.28. The molecular weight excluding hydrogens is 296 g/mol. The van der Waals surface area contributed by atoms with Crippen molar-refractivity contribution in [2.45, 2.75) is 25.7 Å². The average molecular weight is 316 g/mol. The topological polar surface area (TPSA) is 83.6 Å². The van der Waals surface area contributed by atoms with Crippen LogP contribution in [0.25, 0.3) is 11.3 Å². The number of aliphatic carboxylic acids is 1. The minimum absolute atomic E-state index is 0.0340. The highest BCUT2D eigenvalue weighted by Crippen LogP contribution is 2.19. The number of hydrogen-bond donors (Lipinski definition) is 1. The minimum atomic E-state index is -0.957. The van der Waals surface area contributed by atoms with Crippen molar-refractivity contribution in [2.24, 2.45) is 0 Å². The van der Waals surface area contributed by atoms with E-state index in [1.807, 2.05) is 36.4 Å². The molecule has 1 aromatic heterocycles. The van der Waals surface area contributed by atoms with Gasteiger partial charge in [-0.25, -0.2) is 0 Å². The van der Waals surface area contributed by atoms with Gasteiger partial charge in [0.1, 0.15) is 11.5 Å². The molecule has 1 amide bonds. The summed E-state index contributed by atoms with van der Waals surface area (Å²) in [5.41, 5.74) is 1.80. The summed E-state index contributed by atoms with van der Waals surface area (Å²) in [6.45, 7) is 0.555. The van der Waals surface area contributed by atoms with Gasteiger partial charge in [-0.2, -0.15) is 0 Å². The van der Waals surface area contributed by atoms with Gasteiger partial charge in [0, 0.05) is 38.1 Å². The summed E-state index contributed by atoms with van der Waals surface area (Å²) in [6.07, 6.45) is 1.31. The molecule has 0 unspecified atom stereocenters.